The van der Waals surface area contributed by atoms with E-state index in [9.17, 15) is 4.79 Å². The highest BCUT2D eigenvalue weighted by molar-refractivity contribution is 14.0. The van der Waals surface area contributed by atoms with Gasteiger partial charge in [0.1, 0.15) is 0 Å². The highest BCUT2D eigenvalue weighted by Gasteiger charge is 2.09. The van der Waals surface area contributed by atoms with E-state index in [-0.39, 0.29) is 36.5 Å². The van der Waals surface area contributed by atoms with Gasteiger partial charge in [-0.1, -0.05) is 32.3 Å². The number of likely N-dealkylation sites (N-methyl/N-ethyl adjacent to an activating group) is 1. The maximum absolute atomic E-state index is 11.6. The van der Waals surface area contributed by atoms with E-state index in [1.54, 1.807) is 14.2 Å². The normalized spacial score (nSPS) is 11.8. The standard InChI is InChI=1S/C21H36N4O3.HI/c1-6-8-9-10-16(3)25-21(22-4)24-14-17-11-12-18(19(13-17)27-5)28-15-20(26)23-7-2;/h11-13,16H,6-10,14-15H2,1-5H3,(H,23,26)(H2,22,24,25);1H. The van der Waals surface area contributed by atoms with Crippen molar-refractivity contribution in [3.05, 3.63) is 23.8 Å². The number of hydrogen-bond donors (Lipinski definition) is 3. The Hall–Kier alpha value is -1.71. The van der Waals surface area contributed by atoms with Crippen molar-refractivity contribution < 1.29 is 14.3 Å². The van der Waals surface area contributed by atoms with Crippen LogP contribution < -0.4 is 25.4 Å². The van der Waals surface area contributed by atoms with Crippen LogP contribution in [0.15, 0.2) is 23.2 Å². The van der Waals surface area contributed by atoms with Crippen LogP contribution in [0.3, 0.4) is 0 Å². The molecular formula is C21H37IN4O3. The molecule has 1 amide bonds. The molecule has 0 aliphatic rings. The SMILES string of the molecule is CCCCCC(C)NC(=NC)NCc1ccc(OCC(=O)NCC)c(OC)c1.I. The number of carbonyl (C=O) groups excluding carboxylic acids is 1. The third kappa shape index (κ3) is 11.2. The second kappa shape index (κ2) is 16.1. The number of nitrogens with zero attached hydrogens (tertiary/aromatic N) is 1. The van der Waals surface area contributed by atoms with Crippen LogP contribution >= 0.6 is 24.0 Å². The predicted octanol–water partition coefficient (Wildman–Crippen LogP) is 3.46. The van der Waals surface area contributed by atoms with E-state index in [1.165, 1.54) is 19.3 Å². The minimum atomic E-state index is -0.154. The van der Waals surface area contributed by atoms with Crippen molar-refractivity contribution in [2.24, 2.45) is 4.99 Å². The largest absolute Gasteiger partial charge is 0.493 e. The summed E-state index contributed by atoms with van der Waals surface area (Å²) in [4.78, 5) is 15.8. The van der Waals surface area contributed by atoms with E-state index in [0.29, 0.717) is 30.6 Å². The smallest absolute Gasteiger partial charge is 0.257 e. The lowest BCUT2D eigenvalue weighted by Crippen LogP contribution is -2.41. The van der Waals surface area contributed by atoms with Gasteiger partial charge in [0.05, 0.1) is 7.11 Å². The topological polar surface area (TPSA) is 84.0 Å². The second-order valence-electron chi connectivity index (χ2n) is 6.69. The summed E-state index contributed by atoms with van der Waals surface area (Å²) < 4.78 is 11.0. The molecule has 1 unspecified atom stereocenters. The molecule has 0 radical (unpaired) electrons. The van der Waals surface area contributed by atoms with E-state index in [4.69, 9.17) is 9.47 Å². The molecule has 3 N–H and O–H groups in total. The van der Waals surface area contributed by atoms with Crippen LogP contribution in [0.5, 0.6) is 11.5 Å². The van der Waals surface area contributed by atoms with Gasteiger partial charge in [0.2, 0.25) is 0 Å². The second-order valence-corrected chi connectivity index (χ2v) is 6.69. The monoisotopic (exact) mass is 520 g/mol. The molecule has 166 valence electrons. The summed E-state index contributed by atoms with van der Waals surface area (Å²) in [5, 5.41) is 9.44. The first-order chi connectivity index (χ1) is 13.5. The molecule has 7 nitrogen and oxygen atoms in total. The molecule has 1 aromatic carbocycles. The molecule has 0 heterocycles. The number of aliphatic imine (C=N–C) groups is 1. The van der Waals surface area contributed by atoms with Crippen LogP contribution in [0, 0.1) is 0 Å². The molecule has 1 atom stereocenters. The van der Waals surface area contributed by atoms with Gasteiger partial charge in [0, 0.05) is 26.2 Å². The Labute approximate surface area is 192 Å². The third-order valence-electron chi connectivity index (χ3n) is 4.27. The van der Waals surface area contributed by atoms with Gasteiger partial charge in [0.25, 0.3) is 5.91 Å². The van der Waals surface area contributed by atoms with Gasteiger partial charge in [-0.25, -0.2) is 0 Å². The molecule has 1 rings (SSSR count). The number of rotatable bonds is 12. The van der Waals surface area contributed by atoms with Crippen molar-refractivity contribution in [1.82, 2.24) is 16.0 Å². The number of amides is 1. The molecule has 0 aliphatic heterocycles. The number of benzene rings is 1. The van der Waals surface area contributed by atoms with Crippen LogP contribution in [0.25, 0.3) is 0 Å². The fraction of sp³-hybridized carbons (Fsp3) is 0.619. The lowest BCUT2D eigenvalue weighted by Gasteiger charge is -2.18. The van der Waals surface area contributed by atoms with Gasteiger partial charge in [-0.15, -0.1) is 24.0 Å². The Bertz CT molecular complexity index is 626. The Balaban J connectivity index is 0.00000784. The van der Waals surface area contributed by atoms with Crippen LogP contribution in [0.2, 0.25) is 0 Å². The van der Waals surface area contributed by atoms with E-state index in [1.807, 2.05) is 25.1 Å². The molecule has 1 aromatic rings. The predicted molar refractivity (Wildman–Crippen MR) is 130 cm³/mol. The first kappa shape index (κ1) is 27.3. The van der Waals surface area contributed by atoms with E-state index in [2.05, 4.69) is 34.8 Å². The van der Waals surface area contributed by atoms with Gasteiger partial charge < -0.3 is 25.4 Å². The summed E-state index contributed by atoms with van der Waals surface area (Å²) in [5.41, 5.74) is 1.03. The molecular weight excluding hydrogens is 483 g/mol. The summed E-state index contributed by atoms with van der Waals surface area (Å²) in [5.74, 6) is 1.77. The fourth-order valence-corrected chi connectivity index (χ4v) is 2.72. The number of carbonyl (C=O) groups is 1. The number of nitrogens with one attached hydrogen (secondary N) is 3. The van der Waals surface area contributed by atoms with Gasteiger partial charge >= 0.3 is 0 Å². The third-order valence-corrected chi connectivity index (χ3v) is 4.27. The Morgan fingerprint density at radius 1 is 1.17 bits per heavy atom. The van der Waals surface area contributed by atoms with E-state index >= 15 is 0 Å². The Morgan fingerprint density at radius 3 is 2.55 bits per heavy atom. The summed E-state index contributed by atoms with van der Waals surface area (Å²) in [6, 6.07) is 6.04. The number of ether oxygens (including phenoxy) is 2. The minimum Gasteiger partial charge on any atom is -0.493 e. The van der Waals surface area contributed by atoms with Crippen molar-refractivity contribution in [2.75, 3.05) is 27.3 Å². The molecule has 29 heavy (non-hydrogen) atoms. The van der Waals surface area contributed by atoms with E-state index in [0.717, 1.165) is 17.9 Å². The molecule has 0 aliphatic carbocycles. The zero-order chi connectivity index (χ0) is 20.8. The number of guanidine groups is 1. The lowest BCUT2D eigenvalue weighted by molar-refractivity contribution is -0.123. The maximum Gasteiger partial charge on any atom is 0.257 e. The Kier molecular flexibility index (Phi) is 15.2. The first-order valence-electron chi connectivity index (χ1n) is 10.1. The Morgan fingerprint density at radius 2 is 1.93 bits per heavy atom. The first-order valence-corrected chi connectivity index (χ1v) is 10.1. The summed E-state index contributed by atoms with van der Waals surface area (Å²) in [6.07, 6.45) is 4.83. The summed E-state index contributed by atoms with van der Waals surface area (Å²) in [6.45, 7) is 7.41. The lowest BCUT2D eigenvalue weighted by atomic mass is 10.1. The minimum absolute atomic E-state index is 0. The van der Waals surface area contributed by atoms with Crippen molar-refractivity contribution in [3.63, 3.8) is 0 Å². The van der Waals surface area contributed by atoms with Gasteiger partial charge in [-0.2, -0.15) is 0 Å². The van der Waals surface area contributed by atoms with Crippen molar-refractivity contribution in [2.45, 2.75) is 59.0 Å². The molecule has 8 heteroatoms. The number of halogens is 1. The van der Waals surface area contributed by atoms with Crippen molar-refractivity contribution in [3.8, 4) is 11.5 Å². The summed E-state index contributed by atoms with van der Waals surface area (Å²) >= 11 is 0. The number of unbranched alkanes of at least 4 members (excludes halogenated alkanes) is 2. The average Bonchev–Trinajstić information content (AvgIpc) is 2.70. The van der Waals surface area contributed by atoms with Crippen LogP contribution in [0.1, 0.15) is 52.0 Å². The molecule has 0 saturated carbocycles. The highest BCUT2D eigenvalue weighted by Crippen LogP contribution is 2.28. The van der Waals surface area contributed by atoms with Gasteiger partial charge in [-0.3, -0.25) is 9.79 Å². The highest BCUT2D eigenvalue weighted by atomic mass is 127. The molecule has 0 fully saturated rings. The van der Waals surface area contributed by atoms with Crippen LogP contribution in [-0.2, 0) is 11.3 Å². The van der Waals surface area contributed by atoms with Crippen molar-refractivity contribution >= 4 is 35.8 Å². The summed E-state index contributed by atoms with van der Waals surface area (Å²) in [7, 11) is 3.36. The maximum atomic E-state index is 11.6. The molecule has 0 spiro atoms. The average molecular weight is 520 g/mol. The van der Waals surface area contributed by atoms with Crippen LogP contribution in [0.4, 0.5) is 0 Å². The molecule has 0 bridgehead atoms. The van der Waals surface area contributed by atoms with Gasteiger partial charge in [-0.05, 0) is 38.0 Å². The quantitative estimate of drug-likeness (QED) is 0.170. The van der Waals surface area contributed by atoms with Gasteiger partial charge in [0.15, 0.2) is 24.1 Å². The van der Waals surface area contributed by atoms with Crippen molar-refractivity contribution in [1.29, 1.82) is 0 Å². The van der Waals surface area contributed by atoms with E-state index < -0.39 is 0 Å². The number of methoxy groups -OCH3 is 1. The number of hydrogen-bond acceptors (Lipinski definition) is 4. The van der Waals surface area contributed by atoms with Crippen LogP contribution in [-0.4, -0.2) is 45.2 Å². The molecule has 0 aromatic heterocycles. The fourth-order valence-electron chi connectivity index (χ4n) is 2.72. The molecule has 0 saturated heterocycles. The zero-order valence-electron chi connectivity index (χ0n) is 18.3. The zero-order valence-corrected chi connectivity index (χ0v) is 20.7.